The monoisotopic (exact) mass is 476 g/mol. The summed E-state index contributed by atoms with van der Waals surface area (Å²) in [4.78, 5) is 25.4. The van der Waals surface area contributed by atoms with Gasteiger partial charge in [0, 0.05) is 48.4 Å². The molecular formula is C25H29ClN8. The Hall–Kier alpha value is -3.52. The van der Waals surface area contributed by atoms with E-state index in [4.69, 9.17) is 15.0 Å². The molecule has 34 heavy (non-hydrogen) atoms. The topological polar surface area (TPSA) is 90.7 Å². The normalized spacial score (nSPS) is 18.9. The third-order valence-electron chi connectivity index (χ3n) is 5.62. The minimum atomic E-state index is 0. The average molecular weight is 477 g/mol. The molecule has 0 spiro atoms. The molecule has 2 unspecified atom stereocenters. The van der Waals surface area contributed by atoms with Crippen LogP contribution >= 0.6 is 12.4 Å². The molecule has 0 radical (unpaired) electrons. The lowest BCUT2D eigenvalue weighted by Crippen LogP contribution is -2.27. The first-order valence-electron chi connectivity index (χ1n) is 11.2. The second-order valence-corrected chi connectivity index (χ2v) is 8.81. The van der Waals surface area contributed by atoms with Gasteiger partial charge in [-0.25, -0.2) is 4.98 Å². The van der Waals surface area contributed by atoms with Gasteiger partial charge in [0.05, 0.1) is 13.1 Å². The van der Waals surface area contributed by atoms with E-state index in [1.807, 2.05) is 43.3 Å². The van der Waals surface area contributed by atoms with Crippen LogP contribution in [0.3, 0.4) is 0 Å². The molecule has 2 N–H and O–H groups in total. The van der Waals surface area contributed by atoms with E-state index in [2.05, 4.69) is 58.7 Å². The largest absolute Gasteiger partial charge is 0.366 e. The lowest BCUT2D eigenvalue weighted by atomic mass is 10.1. The van der Waals surface area contributed by atoms with Crippen molar-refractivity contribution in [3.63, 3.8) is 0 Å². The van der Waals surface area contributed by atoms with Crippen LogP contribution in [0.2, 0.25) is 0 Å². The summed E-state index contributed by atoms with van der Waals surface area (Å²) in [5.74, 6) is 3.71. The van der Waals surface area contributed by atoms with Gasteiger partial charge in [-0.2, -0.15) is 9.97 Å². The Labute approximate surface area is 206 Å². The zero-order chi connectivity index (χ0) is 22.9. The van der Waals surface area contributed by atoms with Crippen LogP contribution in [0.15, 0.2) is 58.5 Å². The molecule has 5 rings (SSSR count). The van der Waals surface area contributed by atoms with Crippen LogP contribution in [-0.4, -0.2) is 65.9 Å². The van der Waals surface area contributed by atoms with Crippen molar-refractivity contribution in [2.45, 2.75) is 25.9 Å². The van der Waals surface area contributed by atoms with Gasteiger partial charge in [0.1, 0.15) is 11.7 Å². The van der Waals surface area contributed by atoms with Crippen LogP contribution in [0.25, 0.3) is 22.8 Å². The van der Waals surface area contributed by atoms with Crippen LogP contribution in [0.4, 0.5) is 5.95 Å². The molecule has 0 saturated carbocycles. The van der Waals surface area contributed by atoms with Gasteiger partial charge < -0.3 is 15.5 Å². The summed E-state index contributed by atoms with van der Waals surface area (Å²) in [6.45, 7) is 5.83. The molecule has 176 valence electrons. The number of anilines is 1. The number of nitrogens with zero attached hydrogens (tertiary/aromatic N) is 6. The van der Waals surface area contributed by atoms with Crippen LogP contribution in [0, 0.1) is 0 Å². The fourth-order valence-electron chi connectivity index (χ4n) is 3.89. The molecule has 2 aliphatic rings. The third-order valence-corrected chi connectivity index (χ3v) is 5.62. The Morgan fingerprint density at radius 2 is 1.15 bits per heavy atom. The van der Waals surface area contributed by atoms with Crippen molar-refractivity contribution in [1.82, 2.24) is 25.6 Å². The van der Waals surface area contributed by atoms with Crippen LogP contribution in [0.5, 0.6) is 0 Å². The Bertz CT molecular complexity index is 1160. The molecule has 3 heterocycles. The minimum Gasteiger partial charge on any atom is -0.366 e. The van der Waals surface area contributed by atoms with E-state index >= 15 is 0 Å². The minimum absolute atomic E-state index is 0. The third kappa shape index (κ3) is 4.87. The first-order valence-corrected chi connectivity index (χ1v) is 11.2. The number of nitrogens with one attached hydrogen (secondary N) is 2. The molecule has 0 aliphatic carbocycles. The Morgan fingerprint density at radius 1 is 0.706 bits per heavy atom. The van der Waals surface area contributed by atoms with Crippen molar-refractivity contribution in [3.05, 3.63) is 59.7 Å². The second kappa shape index (κ2) is 9.77. The first-order chi connectivity index (χ1) is 16.0. The van der Waals surface area contributed by atoms with E-state index in [1.54, 1.807) is 0 Å². The molecule has 1 aromatic heterocycles. The lowest BCUT2D eigenvalue weighted by Gasteiger charge is -2.14. The SMILES string of the molecule is CC1CN=C(c2cccc(-c3nc(-c4cccc(C5=NCC(C)N5)c4)nc(N(C)C)n3)c2)N1.Cl. The van der Waals surface area contributed by atoms with Crippen LogP contribution in [-0.2, 0) is 0 Å². The summed E-state index contributed by atoms with van der Waals surface area (Å²) in [7, 11) is 3.87. The maximum Gasteiger partial charge on any atom is 0.228 e. The highest BCUT2D eigenvalue weighted by Gasteiger charge is 2.18. The van der Waals surface area contributed by atoms with Gasteiger partial charge in [0.2, 0.25) is 5.95 Å². The molecule has 2 aromatic carbocycles. The molecule has 0 amide bonds. The summed E-state index contributed by atoms with van der Waals surface area (Å²) in [5.41, 5.74) is 3.92. The van der Waals surface area contributed by atoms with Gasteiger partial charge in [-0.05, 0) is 26.0 Å². The fraction of sp³-hybridized carbons (Fsp3) is 0.320. The molecule has 0 bridgehead atoms. The highest BCUT2D eigenvalue weighted by atomic mass is 35.5. The van der Waals surface area contributed by atoms with Crippen molar-refractivity contribution in [3.8, 4) is 22.8 Å². The smallest absolute Gasteiger partial charge is 0.228 e. The zero-order valence-electron chi connectivity index (χ0n) is 19.8. The number of amidine groups is 2. The number of hydrogen-bond acceptors (Lipinski definition) is 8. The second-order valence-electron chi connectivity index (χ2n) is 8.81. The van der Waals surface area contributed by atoms with Crippen LogP contribution < -0.4 is 15.5 Å². The van der Waals surface area contributed by atoms with Crippen molar-refractivity contribution in [2.24, 2.45) is 9.98 Å². The van der Waals surface area contributed by atoms with Crippen LogP contribution in [0.1, 0.15) is 25.0 Å². The standard InChI is InChI=1S/C25H28N8.ClH/c1-15-13-26-21(28-15)17-7-5-9-19(11-17)23-30-24(32-25(31-23)33(3)4)20-10-6-8-18(12-20)22-27-14-16(2)29-22;/h5-12,15-16H,13-14H2,1-4H3,(H,26,28)(H,27,29);1H. The van der Waals surface area contributed by atoms with Gasteiger partial charge in [0.25, 0.3) is 0 Å². The molecule has 9 heteroatoms. The summed E-state index contributed by atoms with van der Waals surface area (Å²) in [6, 6.07) is 17.1. The highest BCUT2D eigenvalue weighted by molar-refractivity contribution is 6.01. The average Bonchev–Trinajstić information content (AvgIpc) is 3.47. The van der Waals surface area contributed by atoms with E-state index in [0.717, 1.165) is 47.0 Å². The molecule has 2 aliphatic heterocycles. The van der Waals surface area contributed by atoms with Gasteiger partial charge in [-0.15, -0.1) is 12.4 Å². The molecule has 3 aromatic rings. The molecule has 8 nitrogen and oxygen atoms in total. The maximum atomic E-state index is 4.85. The summed E-state index contributed by atoms with van der Waals surface area (Å²) >= 11 is 0. The predicted molar refractivity (Wildman–Crippen MR) is 140 cm³/mol. The van der Waals surface area contributed by atoms with Gasteiger partial charge in [-0.1, -0.05) is 36.4 Å². The van der Waals surface area contributed by atoms with E-state index in [0.29, 0.717) is 29.7 Å². The summed E-state index contributed by atoms with van der Waals surface area (Å²) < 4.78 is 0. The number of aliphatic imine (C=N–C) groups is 2. The molecule has 2 atom stereocenters. The number of aromatic nitrogens is 3. The fourth-order valence-corrected chi connectivity index (χ4v) is 3.89. The first kappa shape index (κ1) is 23.6. The van der Waals surface area contributed by atoms with E-state index in [1.165, 1.54) is 0 Å². The molecular weight excluding hydrogens is 448 g/mol. The Kier molecular flexibility index (Phi) is 6.79. The van der Waals surface area contributed by atoms with Gasteiger partial charge in [0.15, 0.2) is 11.6 Å². The molecule has 0 fully saturated rings. The number of halogens is 1. The number of benzene rings is 2. The number of hydrogen-bond donors (Lipinski definition) is 2. The predicted octanol–water partition coefficient (Wildman–Crippen LogP) is 3.17. The zero-order valence-corrected chi connectivity index (χ0v) is 20.6. The maximum absolute atomic E-state index is 4.85. The summed E-state index contributed by atoms with van der Waals surface area (Å²) in [6.07, 6.45) is 0. The van der Waals surface area contributed by atoms with E-state index in [-0.39, 0.29) is 12.4 Å². The van der Waals surface area contributed by atoms with Crippen molar-refractivity contribution in [1.29, 1.82) is 0 Å². The van der Waals surface area contributed by atoms with Gasteiger partial charge >= 0.3 is 0 Å². The van der Waals surface area contributed by atoms with Gasteiger partial charge in [-0.3, -0.25) is 9.98 Å². The quantitative estimate of drug-likeness (QED) is 0.587. The Balaban J connectivity index is 0.00000274. The Morgan fingerprint density at radius 3 is 1.53 bits per heavy atom. The highest BCUT2D eigenvalue weighted by Crippen LogP contribution is 2.25. The van der Waals surface area contributed by atoms with Crippen molar-refractivity contribution < 1.29 is 0 Å². The van der Waals surface area contributed by atoms with E-state index < -0.39 is 0 Å². The number of rotatable bonds is 5. The van der Waals surface area contributed by atoms with Crippen molar-refractivity contribution in [2.75, 3.05) is 32.1 Å². The van der Waals surface area contributed by atoms with Crippen molar-refractivity contribution >= 4 is 30.0 Å². The summed E-state index contributed by atoms with van der Waals surface area (Å²) in [5, 5.41) is 6.85. The molecule has 0 saturated heterocycles. The lowest BCUT2D eigenvalue weighted by molar-refractivity contribution is 0.726. The van der Waals surface area contributed by atoms with E-state index in [9.17, 15) is 0 Å².